The van der Waals surface area contributed by atoms with Crippen molar-refractivity contribution >= 4 is 24.0 Å². The minimum atomic E-state index is -0.313. The number of aryl methyl sites for hydroxylation is 1. The largest absolute Gasteiger partial charge is 0.337 e. The number of nitrogens with zero attached hydrogens (tertiary/aromatic N) is 3. The predicted octanol–water partition coefficient (Wildman–Crippen LogP) is 0.859. The molecule has 1 N–H and O–H groups in total. The lowest BCUT2D eigenvalue weighted by Gasteiger charge is -2.23. The Hall–Kier alpha value is -1.92. The zero-order valence-electron chi connectivity index (χ0n) is 12.6. The number of carbonyl (C=O) groups excluding carboxylic acids is 1. The molecule has 6 nitrogen and oxygen atoms in total. The first-order valence-electron chi connectivity index (χ1n) is 7.04. The molecule has 1 atom stereocenters. The third-order valence-electron chi connectivity index (χ3n) is 3.98. The van der Waals surface area contributed by atoms with Gasteiger partial charge in [-0.15, -0.1) is 12.4 Å². The van der Waals surface area contributed by atoms with E-state index < -0.39 is 0 Å². The number of likely N-dealkylation sites (N-methyl/N-ethyl adjacent to an activating group) is 1. The number of nitrogens with one attached hydrogen (secondary N) is 1. The molecule has 1 amide bonds. The van der Waals surface area contributed by atoms with Gasteiger partial charge >= 0.3 is 0 Å². The molecule has 1 saturated heterocycles. The number of halogens is 1. The van der Waals surface area contributed by atoms with Crippen molar-refractivity contribution in [1.82, 2.24) is 19.6 Å². The van der Waals surface area contributed by atoms with Gasteiger partial charge in [0, 0.05) is 32.0 Å². The van der Waals surface area contributed by atoms with Crippen LogP contribution in [-0.2, 0) is 0 Å². The molecule has 2 aromatic rings. The van der Waals surface area contributed by atoms with Crippen molar-refractivity contribution in [1.29, 1.82) is 0 Å². The standard InChI is InChI=1S/C15H18N4O2.ClH/c1-10-3-4-13-17-8-12(15(21)19(13)9-10)14(20)18(2)11-5-6-16-7-11;/h3-4,8-9,11,16H,5-7H2,1-2H3;1H. The van der Waals surface area contributed by atoms with Gasteiger partial charge in [-0.2, -0.15) is 0 Å². The number of carbonyl (C=O) groups is 1. The van der Waals surface area contributed by atoms with E-state index in [2.05, 4.69) is 10.3 Å². The van der Waals surface area contributed by atoms with Gasteiger partial charge in [-0.1, -0.05) is 6.07 Å². The Balaban J connectivity index is 0.00000176. The van der Waals surface area contributed by atoms with Crippen LogP contribution in [0.1, 0.15) is 22.3 Å². The summed E-state index contributed by atoms with van der Waals surface area (Å²) in [5.74, 6) is -0.267. The molecule has 0 aliphatic carbocycles. The number of aromatic nitrogens is 2. The molecular weight excluding hydrogens is 304 g/mol. The van der Waals surface area contributed by atoms with E-state index in [1.807, 2.05) is 13.0 Å². The topological polar surface area (TPSA) is 66.7 Å². The van der Waals surface area contributed by atoms with Crippen molar-refractivity contribution in [3.63, 3.8) is 0 Å². The van der Waals surface area contributed by atoms with Crippen molar-refractivity contribution in [2.24, 2.45) is 0 Å². The fourth-order valence-corrected chi connectivity index (χ4v) is 2.66. The van der Waals surface area contributed by atoms with Crippen LogP contribution in [0.15, 0.2) is 29.3 Å². The quantitative estimate of drug-likeness (QED) is 0.890. The molecule has 1 fully saturated rings. The van der Waals surface area contributed by atoms with Crippen LogP contribution in [0.4, 0.5) is 0 Å². The monoisotopic (exact) mass is 322 g/mol. The maximum absolute atomic E-state index is 12.5. The fourth-order valence-electron chi connectivity index (χ4n) is 2.66. The average molecular weight is 323 g/mol. The number of rotatable bonds is 2. The maximum atomic E-state index is 12.5. The van der Waals surface area contributed by atoms with Gasteiger partial charge in [0.25, 0.3) is 11.5 Å². The highest BCUT2D eigenvalue weighted by atomic mass is 35.5. The van der Waals surface area contributed by atoms with E-state index in [4.69, 9.17) is 0 Å². The van der Waals surface area contributed by atoms with Gasteiger partial charge in [0.05, 0.1) is 0 Å². The van der Waals surface area contributed by atoms with E-state index in [0.717, 1.165) is 25.1 Å². The molecule has 22 heavy (non-hydrogen) atoms. The molecule has 3 rings (SSSR count). The van der Waals surface area contributed by atoms with Crippen LogP contribution in [-0.4, -0.2) is 46.4 Å². The van der Waals surface area contributed by atoms with Crippen LogP contribution < -0.4 is 10.9 Å². The molecule has 0 bridgehead atoms. The number of amides is 1. The Morgan fingerprint density at radius 3 is 2.91 bits per heavy atom. The van der Waals surface area contributed by atoms with E-state index >= 15 is 0 Å². The first kappa shape index (κ1) is 16.5. The van der Waals surface area contributed by atoms with Gasteiger partial charge in [0.1, 0.15) is 11.2 Å². The molecule has 0 spiro atoms. The van der Waals surface area contributed by atoms with Gasteiger partial charge in [0.2, 0.25) is 0 Å². The van der Waals surface area contributed by atoms with E-state index in [-0.39, 0.29) is 35.5 Å². The summed E-state index contributed by atoms with van der Waals surface area (Å²) in [5.41, 5.74) is 1.30. The summed E-state index contributed by atoms with van der Waals surface area (Å²) < 4.78 is 1.43. The lowest BCUT2D eigenvalue weighted by atomic mass is 10.2. The first-order chi connectivity index (χ1) is 10.1. The van der Waals surface area contributed by atoms with Crippen LogP contribution in [0.2, 0.25) is 0 Å². The second kappa shape index (κ2) is 6.46. The summed E-state index contributed by atoms with van der Waals surface area (Å²) >= 11 is 0. The van der Waals surface area contributed by atoms with Gasteiger partial charge in [-0.05, 0) is 31.5 Å². The van der Waals surface area contributed by atoms with E-state index in [1.165, 1.54) is 10.6 Å². The predicted molar refractivity (Wildman–Crippen MR) is 86.8 cm³/mol. The van der Waals surface area contributed by atoms with Crippen LogP contribution in [0.25, 0.3) is 5.65 Å². The molecule has 1 aliphatic heterocycles. The number of hydrogen-bond donors (Lipinski definition) is 1. The number of pyridine rings is 1. The Morgan fingerprint density at radius 1 is 1.45 bits per heavy atom. The minimum absolute atomic E-state index is 0. The minimum Gasteiger partial charge on any atom is -0.337 e. The second-order valence-electron chi connectivity index (χ2n) is 5.47. The molecule has 0 aromatic carbocycles. The third-order valence-corrected chi connectivity index (χ3v) is 3.98. The van der Waals surface area contributed by atoms with Crippen molar-refractivity contribution in [3.8, 4) is 0 Å². The molecule has 1 unspecified atom stereocenters. The molecule has 1 aliphatic rings. The van der Waals surface area contributed by atoms with Gasteiger partial charge in [-0.25, -0.2) is 4.98 Å². The average Bonchev–Trinajstić information content (AvgIpc) is 3.01. The smallest absolute Gasteiger partial charge is 0.270 e. The Morgan fingerprint density at radius 2 is 2.23 bits per heavy atom. The van der Waals surface area contributed by atoms with Gasteiger partial charge in [-0.3, -0.25) is 14.0 Å². The van der Waals surface area contributed by atoms with E-state index in [0.29, 0.717) is 5.65 Å². The normalized spacial score (nSPS) is 17.3. The molecule has 2 aromatic heterocycles. The molecule has 0 saturated carbocycles. The summed E-state index contributed by atoms with van der Waals surface area (Å²) in [6, 6.07) is 3.80. The molecule has 3 heterocycles. The van der Waals surface area contributed by atoms with E-state index in [1.54, 1.807) is 24.2 Å². The lowest BCUT2D eigenvalue weighted by molar-refractivity contribution is 0.0741. The number of hydrogen-bond acceptors (Lipinski definition) is 4. The van der Waals surface area contributed by atoms with Crippen LogP contribution in [0.5, 0.6) is 0 Å². The van der Waals surface area contributed by atoms with Gasteiger partial charge < -0.3 is 10.2 Å². The Kier molecular flexibility index (Phi) is 4.83. The zero-order valence-corrected chi connectivity index (χ0v) is 13.4. The van der Waals surface area contributed by atoms with E-state index in [9.17, 15) is 9.59 Å². The summed E-state index contributed by atoms with van der Waals surface area (Å²) in [6.07, 6.45) is 4.00. The maximum Gasteiger partial charge on any atom is 0.270 e. The summed E-state index contributed by atoms with van der Waals surface area (Å²) in [5, 5.41) is 3.22. The molecule has 0 radical (unpaired) electrons. The highest BCUT2D eigenvalue weighted by molar-refractivity contribution is 5.93. The fraction of sp³-hybridized carbons (Fsp3) is 0.400. The Bertz CT molecular complexity index is 753. The van der Waals surface area contributed by atoms with Gasteiger partial charge in [0.15, 0.2) is 0 Å². The summed E-state index contributed by atoms with van der Waals surface area (Å²) in [4.78, 5) is 30.9. The summed E-state index contributed by atoms with van der Waals surface area (Å²) in [6.45, 7) is 3.57. The second-order valence-corrected chi connectivity index (χ2v) is 5.47. The SMILES string of the molecule is Cc1ccc2ncc(C(=O)N(C)C3CCNC3)c(=O)n2c1.Cl. The highest BCUT2D eigenvalue weighted by Gasteiger charge is 2.26. The van der Waals surface area contributed by atoms with Crippen molar-refractivity contribution in [2.75, 3.05) is 20.1 Å². The molecule has 118 valence electrons. The first-order valence-corrected chi connectivity index (χ1v) is 7.04. The zero-order chi connectivity index (χ0) is 15.0. The summed E-state index contributed by atoms with van der Waals surface area (Å²) in [7, 11) is 1.74. The van der Waals surface area contributed by atoms with Crippen LogP contribution in [0.3, 0.4) is 0 Å². The molecule has 7 heteroatoms. The Labute approximate surface area is 134 Å². The highest BCUT2D eigenvalue weighted by Crippen LogP contribution is 2.10. The van der Waals surface area contributed by atoms with Crippen molar-refractivity contribution in [2.45, 2.75) is 19.4 Å². The third kappa shape index (κ3) is 2.84. The molecular formula is C15H19ClN4O2. The van der Waals surface area contributed by atoms with Crippen molar-refractivity contribution < 1.29 is 4.79 Å². The van der Waals surface area contributed by atoms with Crippen molar-refractivity contribution in [3.05, 3.63) is 46.0 Å². The van der Waals surface area contributed by atoms with Crippen LogP contribution >= 0.6 is 12.4 Å². The number of fused-ring (bicyclic) bond motifs is 1. The van der Waals surface area contributed by atoms with Crippen LogP contribution in [0, 0.1) is 6.92 Å². The lowest BCUT2D eigenvalue weighted by Crippen LogP contribution is -2.41.